The van der Waals surface area contributed by atoms with Crippen LogP contribution >= 0.6 is 0 Å². The van der Waals surface area contributed by atoms with Crippen molar-refractivity contribution in [3.63, 3.8) is 0 Å². The Morgan fingerprint density at radius 3 is 2.48 bits per heavy atom. The van der Waals surface area contributed by atoms with E-state index in [-0.39, 0.29) is 11.7 Å². The number of piperidine rings is 1. The molecule has 1 aromatic carbocycles. The van der Waals surface area contributed by atoms with Crippen molar-refractivity contribution in [2.45, 2.75) is 19.8 Å². The van der Waals surface area contributed by atoms with E-state index in [0.29, 0.717) is 11.5 Å². The van der Waals surface area contributed by atoms with Gasteiger partial charge in [-0.15, -0.1) is 0 Å². The lowest BCUT2D eigenvalue weighted by molar-refractivity contribution is 0.0900. The van der Waals surface area contributed by atoms with Crippen LogP contribution in [0, 0.1) is 24.2 Å². The van der Waals surface area contributed by atoms with Crippen molar-refractivity contribution in [2.24, 2.45) is 5.92 Å². The summed E-state index contributed by atoms with van der Waals surface area (Å²) in [6.07, 6.45) is 4.66. The van der Waals surface area contributed by atoms with Crippen LogP contribution in [0.3, 0.4) is 0 Å². The summed E-state index contributed by atoms with van der Waals surface area (Å²) < 4.78 is 0. The van der Waals surface area contributed by atoms with Crippen LogP contribution in [0.1, 0.15) is 34.5 Å². The van der Waals surface area contributed by atoms with E-state index in [2.05, 4.69) is 16.0 Å². The first kappa shape index (κ1) is 15.2. The molecular formula is C18H18N4O. The molecule has 5 heteroatoms. The molecule has 1 aromatic heterocycles. The van der Waals surface area contributed by atoms with Crippen LogP contribution in [0.4, 0.5) is 5.82 Å². The Morgan fingerprint density at radius 2 is 1.83 bits per heavy atom. The molecule has 1 aliphatic heterocycles. The van der Waals surface area contributed by atoms with Gasteiger partial charge >= 0.3 is 0 Å². The highest BCUT2D eigenvalue weighted by molar-refractivity contribution is 5.98. The van der Waals surface area contributed by atoms with Gasteiger partial charge in [-0.3, -0.25) is 4.79 Å². The third-order valence-corrected chi connectivity index (χ3v) is 4.29. The monoisotopic (exact) mass is 306 g/mol. The number of nitriles is 1. The first-order chi connectivity index (χ1) is 11.2. The van der Waals surface area contributed by atoms with E-state index in [0.717, 1.165) is 37.1 Å². The van der Waals surface area contributed by atoms with Gasteiger partial charge in [0.15, 0.2) is 17.3 Å². The normalized spacial score (nSPS) is 15.2. The number of hydrogen-bond donors (Lipinski definition) is 0. The van der Waals surface area contributed by atoms with Crippen molar-refractivity contribution >= 4 is 11.6 Å². The summed E-state index contributed by atoms with van der Waals surface area (Å²) >= 11 is 0. The zero-order valence-electron chi connectivity index (χ0n) is 13.1. The number of aryl methyl sites for hydroxylation is 1. The molecule has 0 bridgehead atoms. The number of anilines is 1. The third kappa shape index (κ3) is 3.21. The van der Waals surface area contributed by atoms with Gasteiger partial charge in [-0.25, -0.2) is 9.97 Å². The Kier molecular flexibility index (Phi) is 4.33. The van der Waals surface area contributed by atoms with E-state index < -0.39 is 0 Å². The fraction of sp³-hybridized carbons (Fsp3) is 0.333. The third-order valence-electron chi connectivity index (χ3n) is 4.29. The predicted molar refractivity (Wildman–Crippen MR) is 87.2 cm³/mol. The largest absolute Gasteiger partial charge is 0.354 e. The van der Waals surface area contributed by atoms with E-state index in [1.165, 1.54) is 6.20 Å². The smallest absolute Gasteiger partial charge is 0.183 e. The lowest BCUT2D eigenvalue weighted by Gasteiger charge is -2.32. The minimum absolute atomic E-state index is 0.0381. The zero-order valence-corrected chi connectivity index (χ0v) is 13.1. The average Bonchev–Trinajstić information content (AvgIpc) is 2.62. The SMILES string of the molecule is Cc1ccc(C(=O)C2CCN(c3nccnc3C#N)CC2)cc1. The van der Waals surface area contributed by atoms with Gasteiger partial charge in [0, 0.05) is 37.0 Å². The van der Waals surface area contributed by atoms with Gasteiger partial charge in [-0.1, -0.05) is 29.8 Å². The van der Waals surface area contributed by atoms with Crippen LogP contribution in [0.15, 0.2) is 36.7 Å². The standard InChI is InChI=1S/C18H18N4O/c1-13-2-4-14(5-3-13)17(23)15-6-10-22(11-7-15)18-16(12-19)20-8-9-21-18/h2-5,8-9,15H,6-7,10-11H2,1H3. The van der Waals surface area contributed by atoms with E-state index in [1.807, 2.05) is 36.1 Å². The fourth-order valence-corrected chi connectivity index (χ4v) is 2.95. The van der Waals surface area contributed by atoms with Crippen molar-refractivity contribution < 1.29 is 4.79 Å². The first-order valence-corrected chi connectivity index (χ1v) is 7.76. The summed E-state index contributed by atoms with van der Waals surface area (Å²) in [6, 6.07) is 9.83. The lowest BCUT2D eigenvalue weighted by atomic mass is 9.88. The molecule has 2 aromatic rings. The maximum Gasteiger partial charge on any atom is 0.183 e. The molecule has 2 heterocycles. The highest BCUT2D eigenvalue weighted by atomic mass is 16.1. The number of hydrogen-bond acceptors (Lipinski definition) is 5. The van der Waals surface area contributed by atoms with Crippen LogP contribution in [0.25, 0.3) is 0 Å². The van der Waals surface area contributed by atoms with Gasteiger partial charge in [-0.2, -0.15) is 5.26 Å². The molecule has 1 saturated heterocycles. The van der Waals surface area contributed by atoms with E-state index >= 15 is 0 Å². The minimum Gasteiger partial charge on any atom is -0.354 e. The molecule has 0 atom stereocenters. The average molecular weight is 306 g/mol. The summed E-state index contributed by atoms with van der Waals surface area (Å²) in [5.41, 5.74) is 2.28. The fourth-order valence-electron chi connectivity index (χ4n) is 2.95. The molecule has 0 saturated carbocycles. The summed E-state index contributed by atoms with van der Waals surface area (Å²) in [7, 11) is 0. The maximum absolute atomic E-state index is 12.6. The second kappa shape index (κ2) is 6.57. The van der Waals surface area contributed by atoms with Gasteiger partial charge in [0.1, 0.15) is 6.07 Å². The van der Waals surface area contributed by atoms with Crippen LogP contribution < -0.4 is 4.90 Å². The van der Waals surface area contributed by atoms with Crippen molar-refractivity contribution in [1.82, 2.24) is 9.97 Å². The quantitative estimate of drug-likeness (QED) is 0.815. The van der Waals surface area contributed by atoms with Gasteiger partial charge in [-0.05, 0) is 19.8 Å². The molecule has 0 aliphatic carbocycles. The van der Waals surface area contributed by atoms with Gasteiger partial charge in [0.2, 0.25) is 0 Å². The topological polar surface area (TPSA) is 69.9 Å². The van der Waals surface area contributed by atoms with Gasteiger partial charge in [0.25, 0.3) is 0 Å². The molecule has 3 rings (SSSR count). The number of benzene rings is 1. The zero-order chi connectivity index (χ0) is 16.2. The molecule has 23 heavy (non-hydrogen) atoms. The Labute approximate surface area is 135 Å². The Bertz CT molecular complexity index is 740. The van der Waals surface area contributed by atoms with Crippen LogP contribution in [0.5, 0.6) is 0 Å². The molecule has 1 fully saturated rings. The number of aromatic nitrogens is 2. The predicted octanol–water partition coefficient (Wildman–Crippen LogP) is 2.76. The molecule has 5 nitrogen and oxygen atoms in total. The lowest BCUT2D eigenvalue weighted by Crippen LogP contribution is -2.37. The Balaban J connectivity index is 1.68. The second-order valence-corrected chi connectivity index (χ2v) is 5.83. The molecule has 1 aliphatic rings. The van der Waals surface area contributed by atoms with Crippen LogP contribution in [-0.2, 0) is 0 Å². The number of Topliss-reactive ketones (excluding diaryl/α,β-unsaturated/α-hetero) is 1. The van der Waals surface area contributed by atoms with E-state index in [9.17, 15) is 4.79 Å². The number of rotatable bonds is 3. The van der Waals surface area contributed by atoms with Crippen molar-refractivity contribution in [1.29, 1.82) is 5.26 Å². The second-order valence-electron chi connectivity index (χ2n) is 5.83. The van der Waals surface area contributed by atoms with Crippen molar-refractivity contribution in [3.05, 3.63) is 53.5 Å². The molecule has 116 valence electrons. The van der Waals surface area contributed by atoms with Crippen LogP contribution in [-0.4, -0.2) is 28.8 Å². The molecule has 0 unspecified atom stereocenters. The molecular weight excluding hydrogens is 288 g/mol. The highest BCUT2D eigenvalue weighted by Gasteiger charge is 2.27. The minimum atomic E-state index is 0.0381. The highest BCUT2D eigenvalue weighted by Crippen LogP contribution is 2.25. The Morgan fingerprint density at radius 1 is 1.17 bits per heavy atom. The number of nitrogens with zero attached hydrogens (tertiary/aromatic N) is 4. The first-order valence-electron chi connectivity index (χ1n) is 7.76. The van der Waals surface area contributed by atoms with Crippen LogP contribution in [0.2, 0.25) is 0 Å². The molecule has 0 spiro atoms. The Hall–Kier alpha value is -2.74. The van der Waals surface area contributed by atoms with Gasteiger partial charge < -0.3 is 4.90 Å². The molecule has 0 N–H and O–H groups in total. The maximum atomic E-state index is 12.6. The summed E-state index contributed by atoms with van der Waals surface area (Å²) in [6.45, 7) is 3.45. The van der Waals surface area contributed by atoms with Crippen molar-refractivity contribution in [2.75, 3.05) is 18.0 Å². The number of carbonyl (C=O) groups is 1. The summed E-state index contributed by atoms with van der Waals surface area (Å²) in [5.74, 6) is 0.872. The van der Waals surface area contributed by atoms with Crippen molar-refractivity contribution in [3.8, 4) is 6.07 Å². The summed E-state index contributed by atoms with van der Waals surface area (Å²) in [4.78, 5) is 22.9. The van der Waals surface area contributed by atoms with E-state index in [1.54, 1.807) is 6.20 Å². The van der Waals surface area contributed by atoms with E-state index in [4.69, 9.17) is 5.26 Å². The number of carbonyl (C=O) groups excluding carboxylic acids is 1. The number of ketones is 1. The molecule has 0 radical (unpaired) electrons. The summed E-state index contributed by atoms with van der Waals surface area (Å²) in [5, 5.41) is 9.13. The van der Waals surface area contributed by atoms with Gasteiger partial charge in [0.05, 0.1) is 0 Å². The molecule has 0 amide bonds.